The van der Waals surface area contributed by atoms with Gasteiger partial charge in [0.1, 0.15) is 0 Å². The molecule has 0 saturated heterocycles. The topological polar surface area (TPSA) is 158 Å². The van der Waals surface area contributed by atoms with Crippen molar-refractivity contribution in [3.63, 3.8) is 0 Å². The second-order valence-electron chi connectivity index (χ2n) is 0.476. The molecule has 0 aromatic carbocycles. The van der Waals surface area contributed by atoms with E-state index < -0.39 is 10.2 Å². The predicted octanol–water partition coefficient (Wildman–Crippen LogP) is -1.52. The summed E-state index contributed by atoms with van der Waals surface area (Å²) in [6, 6.07) is 0. The Balaban J connectivity index is -0.0000000300. The molecular formula is H4CoN2O7. The normalized spacial score (nSPS) is 4.80. The van der Waals surface area contributed by atoms with Crippen molar-refractivity contribution >= 4 is 0 Å². The molecule has 9 nitrogen and oxygen atoms in total. The first kappa shape index (κ1) is 23.2. The first-order valence-corrected chi connectivity index (χ1v) is 1.13. The molecule has 0 heterocycles. The molecule has 0 rings (SSSR count). The molecule has 0 amide bonds. The summed E-state index contributed by atoms with van der Waals surface area (Å²) in [6.45, 7) is 0. The largest absolute Gasteiger partial charge is 0.412 e. The number of hydrogen-bond acceptors (Lipinski definition) is 4. The van der Waals surface area contributed by atoms with Crippen LogP contribution in [0.3, 0.4) is 0 Å². The number of hydrogen-bond donors (Lipinski definition) is 2. The predicted molar refractivity (Wildman–Crippen MR) is 21.2 cm³/mol. The van der Waals surface area contributed by atoms with E-state index in [9.17, 15) is 0 Å². The molecule has 0 atom stereocenters. The summed E-state index contributed by atoms with van der Waals surface area (Å²) < 4.78 is 0. The van der Waals surface area contributed by atoms with E-state index in [0.717, 1.165) is 0 Å². The molecule has 10 heavy (non-hydrogen) atoms. The van der Waals surface area contributed by atoms with E-state index in [1.807, 2.05) is 0 Å². The summed E-state index contributed by atoms with van der Waals surface area (Å²) >= 11 is 0. The Morgan fingerprint density at radius 2 is 1.00 bits per heavy atom. The van der Waals surface area contributed by atoms with Gasteiger partial charge in [-0.2, -0.15) is 0 Å². The molecule has 0 aromatic heterocycles. The van der Waals surface area contributed by atoms with Crippen molar-refractivity contribution in [2.24, 2.45) is 0 Å². The first-order chi connectivity index (χ1) is 3.46. The molecule has 0 aromatic rings. The van der Waals surface area contributed by atoms with Crippen molar-refractivity contribution in [3.05, 3.63) is 20.2 Å². The molecule has 0 bridgehead atoms. The van der Waals surface area contributed by atoms with E-state index in [0.29, 0.717) is 0 Å². The molecule has 4 N–H and O–H groups in total. The standard InChI is InChI=1S/Co.2HNO3.H2O/c;2*2-1(3)4;/h;2*(H,2,3,4);1H2. The molecule has 0 aliphatic heterocycles. The Hall–Kier alpha value is -1.13. The zero-order valence-corrected chi connectivity index (χ0v) is 5.30. The van der Waals surface area contributed by atoms with Crippen LogP contribution in [0.5, 0.6) is 0 Å². The van der Waals surface area contributed by atoms with E-state index in [1.54, 1.807) is 0 Å². The third-order valence-electron chi connectivity index (χ3n) is 0. The average molecular weight is 203 g/mol. The summed E-state index contributed by atoms with van der Waals surface area (Å²) in [4.78, 5) is 16.7. The first-order valence-electron chi connectivity index (χ1n) is 1.13. The Morgan fingerprint density at radius 1 is 1.00 bits per heavy atom. The SMILES string of the molecule is O.O=[N+]([O-])O.O=[N+]([O-])O.[Co]. The van der Waals surface area contributed by atoms with Crippen molar-refractivity contribution in [2.45, 2.75) is 0 Å². The van der Waals surface area contributed by atoms with Crippen LogP contribution in [0.2, 0.25) is 0 Å². The van der Waals surface area contributed by atoms with E-state index in [2.05, 4.69) is 0 Å². The summed E-state index contributed by atoms with van der Waals surface area (Å²) in [5.41, 5.74) is 0. The van der Waals surface area contributed by atoms with Crippen LogP contribution in [0.1, 0.15) is 0 Å². The van der Waals surface area contributed by atoms with Crippen LogP contribution in [0, 0.1) is 20.2 Å². The molecule has 0 aliphatic rings. The van der Waals surface area contributed by atoms with Crippen LogP contribution < -0.4 is 0 Å². The van der Waals surface area contributed by atoms with E-state index in [4.69, 9.17) is 30.6 Å². The summed E-state index contributed by atoms with van der Waals surface area (Å²) in [7, 11) is 0. The monoisotopic (exact) mass is 203 g/mol. The van der Waals surface area contributed by atoms with Gasteiger partial charge in [0.2, 0.25) is 0 Å². The minimum absolute atomic E-state index is 0. The molecule has 0 spiro atoms. The number of rotatable bonds is 0. The van der Waals surface area contributed by atoms with Gasteiger partial charge in [-0.3, -0.25) is 0 Å². The molecule has 0 fully saturated rings. The fraction of sp³-hybridized carbons (Fsp3) is 0. The maximum absolute atomic E-state index is 8.36. The second kappa shape index (κ2) is 15.7. The van der Waals surface area contributed by atoms with Crippen LogP contribution in [0.15, 0.2) is 0 Å². The minimum atomic E-state index is -1.50. The quantitative estimate of drug-likeness (QED) is 0.359. The van der Waals surface area contributed by atoms with Gasteiger partial charge in [-0.15, -0.1) is 20.2 Å². The van der Waals surface area contributed by atoms with Crippen LogP contribution in [-0.4, -0.2) is 26.1 Å². The van der Waals surface area contributed by atoms with Gasteiger partial charge in [0.15, 0.2) is 0 Å². The zero-order valence-electron chi connectivity index (χ0n) is 4.26. The van der Waals surface area contributed by atoms with Crippen LogP contribution in [-0.2, 0) is 16.8 Å². The Morgan fingerprint density at radius 3 is 1.00 bits per heavy atom. The Kier molecular flexibility index (Phi) is 36.3. The van der Waals surface area contributed by atoms with Crippen molar-refractivity contribution in [1.82, 2.24) is 0 Å². The maximum atomic E-state index is 8.36. The van der Waals surface area contributed by atoms with Gasteiger partial charge in [0.25, 0.3) is 10.2 Å². The maximum Gasteiger partial charge on any atom is 0.291 e. The number of nitrogens with zero attached hydrogens (tertiary/aromatic N) is 2. The molecule has 0 unspecified atom stereocenters. The van der Waals surface area contributed by atoms with Crippen molar-refractivity contribution in [2.75, 3.05) is 0 Å². The zero-order chi connectivity index (χ0) is 7.15. The van der Waals surface area contributed by atoms with Gasteiger partial charge in [-0.25, -0.2) is 0 Å². The molecule has 1 radical (unpaired) electrons. The summed E-state index contributed by atoms with van der Waals surface area (Å²) in [5, 5.41) is 27.3. The summed E-state index contributed by atoms with van der Waals surface area (Å²) in [6.07, 6.45) is 0. The van der Waals surface area contributed by atoms with Gasteiger partial charge in [0.05, 0.1) is 0 Å². The second-order valence-corrected chi connectivity index (χ2v) is 0.476. The van der Waals surface area contributed by atoms with Crippen LogP contribution >= 0.6 is 0 Å². The van der Waals surface area contributed by atoms with E-state index >= 15 is 0 Å². The van der Waals surface area contributed by atoms with Gasteiger partial charge in [-0.05, 0) is 0 Å². The fourth-order valence-corrected chi connectivity index (χ4v) is 0. The Bertz CT molecular complexity index is 69.6. The molecule has 0 aliphatic carbocycles. The van der Waals surface area contributed by atoms with Crippen molar-refractivity contribution in [3.8, 4) is 0 Å². The van der Waals surface area contributed by atoms with Gasteiger partial charge in [-0.1, -0.05) is 0 Å². The third kappa shape index (κ3) is 184. The van der Waals surface area contributed by atoms with Crippen LogP contribution in [0.4, 0.5) is 0 Å². The van der Waals surface area contributed by atoms with Crippen molar-refractivity contribution < 1.29 is 42.8 Å². The molecule has 65 valence electrons. The smallest absolute Gasteiger partial charge is 0.291 e. The summed E-state index contributed by atoms with van der Waals surface area (Å²) in [5.74, 6) is 0. The van der Waals surface area contributed by atoms with Crippen molar-refractivity contribution in [1.29, 1.82) is 0 Å². The van der Waals surface area contributed by atoms with Gasteiger partial charge >= 0.3 is 0 Å². The minimum Gasteiger partial charge on any atom is -0.412 e. The third-order valence-corrected chi connectivity index (χ3v) is 0. The molecule has 0 saturated carbocycles. The van der Waals surface area contributed by atoms with Crippen LogP contribution in [0.25, 0.3) is 0 Å². The fourth-order valence-electron chi connectivity index (χ4n) is 0. The molecule has 10 heteroatoms. The van der Waals surface area contributed by atoms with E-state index in [1.165, 1.54) is 0 Å². The Labute approximate surface area is 64.0 Å². The van der Waals surface area contributed by atoms with E-state index in [-0.39, 0.29) is 22.3 Å². The van der Waals surface area contributed by atoms with Gasteiger partial charge < -0.3 is 15.9 Å². The molecular weight excluding hydrogens is 199 g/mol. The van der Waals surface area contributed by atoms with Gasteiger partial charge in [0, 0.05) is 16.8 Å². The average Bonchev–Trinajstić information content (AvgIpc) is 1.25.